The van der Waals surface area contributed by atoms with Crippen LogP contribution >= 0.6 is 0 Å². The maximum Gasteiger partial charge on any atom is 0.306 e. The first-order valence-corrected chi connectivity index (χ1v) is 5.98. The predicted octanol–water partition coefficient (Wildman–Crippen LogP) is 1.92. The Morgan fingerprint density at radius 2 is 1.44 bits per heavy atom. The van der Waals surface area contributed by atoms with E-state index >= 15 is 0 Å². The van der Waals surface area contributed by atoms with Gasteiger partial charge in [0.2, 0.25) is 0 Å². The summed E-state index contributed by atoms with van der Waals surface area (Å²) in [5.41, 5.74) is -0.455. The van der Waals surface area contributed by atoms with E-state index in [0.29, 0.717) is 6.42 Å². The second kappa shape index (κ2) is 7.36. The van der Waals surface area contributed by atoms with Gasteiger partial charge in [-0.05, 0) is 11.8 Å². The zero-order chi connectivity index (χ0) is 15.1. The molecule has 108 valence electrons. The van der Waals surface area contributed by atoms with E-state index in [9.17, 15) is 9.59 Å². The number of hydrogen-bond donors (Lipinski definition) is 2. The van der Waals surface area contributed by atoms with E-state index in [1.54, 1.807) is 20.8 Å². The lowest BCUT2D eigenvalue weighted by Gasteiger charge is -2.24. The molecule has 0 amide bonds. The van der Waals surface area contributed by atoms with Gasteiger partial charge in [-0.25, -0.2) is 0 Å². The molecule has 18 heavy (non-hydrogen) atoms. The van der Waals surface area contributed by atoms with E-state index < -0.39 is 23.3 Å². The minimum Gasteiger partial charge on any atom is -0.481 e. The quantitative estimate of drug-likeness (QED) is 0.742. The molecule has 1 atom stereocenters. The standard InChI is InChI=1S/C9H16O4.C4H12N/c1-6(8(12)13)4-9(2,3)5-7(10)11;1-5(2,3)4/h6H,4-5H2,1-3H3,(H,10,11)(H,12,13);1-4H3/q;+1. The molecular weight excluding hydrogens is 234 g/mol. The summed E-state index contributed by atoms with van der Waals surface area (Å²) in [5.74, 6) is -2.25. The predicted molar refractivity (Wildman–Crippen MR) is 71.4 cm³/mol. The SMILES string of the molecule is CC(CC(C)(C)CC(=O)O)C(=O)O.C[N+](C)(C)C. The summed E-state index contributed by atoms with van der Waals surface area (Å²) in [5, 5.41) is 17.2. The Bertz CT molecular complexity index is 273. The third-order valence-electron chi connectivity index (χ3n) is 1.91. The lowest BCUT2D eigenvalue weighted by Crippen LogP contribution is -2.27. The molecule has 0 aromatic carbocycles. The molecule has 0 aromatic heterocycles. The highest BCUT2D eigenvalue weighted by Crippen LogP contribution is 2.29. The fourth-order valence-electron chi connectivity index (χ4n) is 1.40. The summed E-state index contributed by atoms with van der Waals surface area (Å²) in [6.07, 6.45) is 0.388. The van der Waals surface area contributed by atoms with Crippen LogP contribution < -0.4 is 0 Å². The molecule has 1 unspecified atom stereocenters. The van der Waals surface area contributed by atoms with Crippen LogP contribution in [0, 0.1) is 11.3 Å². The van der Waals surface area contributed by atoms with E-state index in [0.717, 1.165) is 4.48 Å². The van der Waals surface area contributed by atoms with Crippen LogP contribution in [-0.2, 0) is 9.59 Å². The van der Waals surface area contributed by atoms with Crippen LogP contribution in [0.4, 0.5) is 0 Å². The van der Waals surface area contributed by atoms with Crippen LogP contribution in [0.3, 0.4) is 0 Å². The molecule has 0 spiro atoms. The van der Waals surface area contributed by atoms with Crippen LogP contribution in [0.5, 0.6) is 0 Å². The molecule has 5 nitrogen and oxygen atoms in total. The van der Waals surface area contributed by atoms with Gasteiger partial charge in [0.05, 0.1) is 40.5 Å². The lowest BCUT2D eigenvalue weighted by atomic mass is 9.81. The Morgan fingerprint density at radius 1 is 1.11 bits per heavy atom. The Labute approximate surface area is 110 Å². The average molecular weight is 262 g/mol. The minimum atomic E-state index is -0.886. The van der Waals surface area contributed by atoms with Gasteiger partial charge in [0.1, 0.15) is 0 Å². The zero-order valence-electron chi connectivity index (χ0n) is 12.6. The highest BCUT2D eigenvalue weighted by Gasteiger charge is 2.26. The molecule has 0 radical (unpaired) electrons. The van der Waals surface area contributed by atoms with Crippen molar-refractivity contribution in [1.29, 1.82) is 0 Å². The summed E-state index contributed by atoms with van der Waals surface area (Å²) in [7, 11) is 8.50. The van der Waals surface area contributed by atoms with E-state index in [4.69, 9.17) is 10.2 Å². The normalized spacial score (nSPS) is 13.3. The van der Waals surface area contributed by atoms with Crippen molar-refractivity contribution in [1.82, 2.24) is 0 Å². The van der Waals surface area contributed by atoms with Gasteiger partial charge in [-0.15, -0.1) is 0 Å². The molecule has 0 fully saturated rings. The molecule has 0 aliphatic carbocycles. The molecule has 0 aliphatic rings. The maximum atomic E-state index is 10.5. The molecule has 0 rings (SSSR count). The molecule has 0 saturated carbocycles. The second-order valence-corrected chi connectivity index (χ2v) is 6.86. The fourth-order valence-corrected chi connectivity index (χ4v) is 1.40. The number of aliphatic carboxylic acids is 2. The Morgan fingerprint density at radius 3 is 1.67 bits per heavy atom. The number of nitrogens with zero attached hydrogens (tertiary/aromatic N) is 1. The molecule has 0 bridgehead atoms. The first kappa shape index (κ1) is 19.2. The number of carboxylic acids is 2. The smallest absolute Gasteiger partial charge is 0.306 e. The Kier molecular flexibility index (Phi) is 7.87. The van der Waals surface area contributed by atoms with Gasteiger partial charge in [0.15, 0.2) is 0 Å². The number of quaternary nitrogens is 1. The third kappa shape index (κ3) is 17.3. The molecule has 0 aromatic rings. The fraction of sp³-hybridized carbons (Fsp3) is 0.846. The number of hydrogen-bond acceptors (Lipinski definition) is 2. The number of rotatable bonds is 5. The van der Waals surface area contributed by atoms with Crippen molar-refractivity contribution in [2.45, 2.75) is 33.6 Å². The monoisotopic (exact) mass is 262 g/mol. The van der Waals surface area contributed by atoms with Crippen molar-refractivity contribution >= 4 is 11.9 Å². The molecule has 5 heteroatoms. The number of carboxylic acid groups (broad SMARTS) is 2. The topological polar surface area (TPSA) is 74.6 Å². The maximum absolute atomic E-state index is 10.5. The zero-order valence-corrected chi connectivity index (χ0v) is 12.6. The largest absolute Gasteiger partial charge is 0.481 e. The van der Waals surface area contributed by atoms with Gasteiger partial charge in [-0.2, -0.15) is 0 Å². The van der Waals surface area contributed by atoms with Gasteiger partial charge in [-0.1, -0.05) is 20.8 Å². The van der Waals surface area contributed by atoms with Crippen molar-refractivity contribution in [3.05, 3.63) is 0 Å². The molecule has 0 aliphatic heterocycles. The summed E-state index contributed by atoms with van der Waals surface area (Å²) in [4.78, 5) is 20.9. The average Bonchev–Trinajstić information content (AvgIpc) is 1.95. The van der Waals surface area contributed by atoms with E-state index in [1.165, 1.54) is 0 Å². The molecular formula is C13H28NO4+. The molecule has 0 saturated heterocycles. The van der Waals surface area contributed by atoms with Gasteiger partial charge < -0.3 is 14.7 Å². The number of carbonyl (C=O) groups is 2. The van der Waals surface area contributed by atoms with Crippen molar-refractivity contribution in [2.75, 3.05) is 28.2 Å². The van der Waals surface area contributed by atoms with Crippen LogP contribution in [0.2, 0.25) is 0 Å². The van der Waals surface area contributed by atoms with E-state index in [2.05, 4.69) is 28.2 Å². The first-order chi connectivity index (χ1) is 7.74. The van der Waals surface area contributed by atoms with Crippen molar-refractivity contribution in [3.63, 3.8) is 0 Å². The van der Waals surface area contributed by atoms with Gasteiger partial charge in [0, 0.05) is 0 Å². The van der Waals surface area contributed by atoms with Gasteiger partial charge in [0.25, 0.3) is 0 Å². The summed E-state index contributed by atoms with van der Waals surface area (Å²) in [6, 6.07) is 0. The van der Waals surface area contributed by atoms with Gasteiger partial charge in [-0.3, -0.25) is 9.59 Å². The molecule has 2 N–H and O–H groups in total. The molecule has 0 heterocycles. The van der Waals surface area contributed by atoms with Crippen molar-refractivity contribution in [3.8, 4) is 0 Å². The highest BCUT2D eigenvalue weighted by molar-refractivity contribution is 5.70. The van der Waals surface area contributed by atoms with Crippen molar-refractivity contribution < 1.29 is 24.3 Å². The summed E-state index contributed by atoms with van der Waals surface area (Å²) < 4.78 is 1.00. The van der Waals surface area contributed by atoms with Crippen LogP contribution in [0.15, 0.2) is 0 Å². The van der Waals surface area contributed by atoms with Crippen LogP contribution in [0.1, 0.15) is 33.6 Å². The summed E-state index contributed by atoms with van der Waals surface area (Å²) in [6.45, 7) is 5.12. The Balaban J connectivity index is 0. The van der Waals surface area contributed by atoms with Crippen LogP contribution in [0.25, 0.3) is 0 Å². The Hall–Kier alpha value is -1.10. The first-order valence-electron chi connectivity index (χ1n) is 5.98. The second-order valence-electron chi connectivity index (χ2n) is 6.86. The highest BCUT2D eigenvalue weighted by atomic mass is 16.4. The summed E-state index contributed by atoms with van der Waals surface area (Å²) >= 11 is 0. The third-order valence-corrected chi connectivity index (χ3v) is 1.91. The van der Waals surface area contributed by atoms with Crippen molar-refractivity contribution in [2.24, 2.45) is 11.3 Å². The van der Waals surface area contributed by atoms with Gasteiger partial charge >= 0.3 is 11.9 Å². The van der Waals surface area contributed by atoms with E-state index in [1.807, 2.05) is 0 Å². The van der Waals surface area contributed by atoms with Crippen LogP contribution in [-0.4, -0.2) is 54.8 Å². The minimum absolute atomic E-state index is 0.00458. The lowest BCUT2D eigenvalue weighted by molar-refractivity contribution is -0.849. The van der Waals surface area contributed by atoms with E-state index in [-0.39, 0.29) is 6.42 Å².